The molecule has 36 heavy (non-hydrogen) atoms. The number of carbonyl (C=O) groups excluding carboxylic acids is 2. The van der Waals surface area contributed by atoms with Crippen LogP contribution in [-0.2, 0) is 11.3 Å². The zero-order valence-corrected chi connectivity index (χ0v) is 21.2. The summed E-state index contributed by atoms with van der Waals surface area (Å²) in [6, 6.07) is 11.3. The minimum absolute atomic E-state index is 0.204. The lowest BCUT2D eigenvalue weighted by Gasteiger charge is -2.31. The maximum Gasteiger partial charge on any atom is 0.321 e. The summed E-state index contributed by atoms with van der Waals surface area (Å²) in [7, 11) is 0. The number of amidine groups is 1. The molecule has 1 fully saturated rings. The lowest BCUT2D eigenvalue weighted by atomic mass is 9.92. The zero-order valence-electron chi connectivity index (χ0n) is 19.6. The Kier molecular flexibility index (Phi) is 8.11. The molecule has 0 aliphatic carbocycles. The maximum atomic E-state index is 13.4. The van der Waals surface area contributed by atoms with E-state index in [4.69, 9.17) is 0 Å². The fraction of sp³-hybridized carbons (Fsp3) is 0.280. The van der Waals surface area contributed by atoms with Crippen LogP contribution in [0.4, 0.5) is 20.6 Å². The molecule has 188 valence electrons. The number of anilines is 1. The molecule has 3 aromatic rings. The first kappa shape index (κ1) is 25.5. The fourth-order valence-electron chi connectivity index (χ4n) is 3.99. The Morgan fingerprint density at radius 3 is 2.50 bits per heavy atom. The zero-order chi connectivity index (χ0) is 25.7. The van der Waals surface area contributed by atoms with Crippen LogP contribution in [0.1, 0.15) is 19.8 Å². The predicted molar refractivity (Wildman–Crippen MR) is 138 cm³/mol. The Bertz CT molecular complexity index is 1270. The van der Waals surface area contributed by atoms with E-state index in [1.807, 2.05) is 53.7 Å². The number of piperidine rings is 1. The first-order valence-corrected chi connectivity index (χ1v) is 12.3. The normalized spacial score (nSPS) is 14.6. The van der Waals surface area contributed by atoms with E-state index in [0.29, 0.717) is 37.3 Å². The lowest BCUT2D eigenvalue weighted by molar-refractivity contribution is -0.118. The van der Waals surface area contributed by atoms with Crippen molar-refractivity contribution in [2.45, 2.75) is 26.3 Å². The van der Waals surface area contributed by atoms with E-state index in [1.165, 1.54) is 18.2 Å². The molecule has 3 N–H and O–H groups in total. The van der Waals surface area contributed by atoms with Crippen LogP contribution in [0.25, 0.3) is 11.1 Å². The number of urea groups is 1. The summed E-state index contributed by atoms with van der Waals surface area (Å²) < 4.78 is 15.5. The Morgan fingerprint density at radius 1 is 1.17 bits per heavy atom. The second-order valence-corrected chi connectivity index (χ2v) is 9.24. The molecule has 9 nitrogen and oxygen atoms in total. The van der Waals surface area contributed by atoms with Crippen LogP contribution in [0.15, 0.2) is 64.3 Å². The monoisotopic (exact) mass is 556 g/mol. The summed E-state index contributed by atoms with van der Waals surface area (Å²) in [6.45, 7) is 3.60. The number of hydrogen-bond acceptors (Lipinski definition) is 5. The van der Waals surface area contributed by atoms with Gasteiger partial charge in [0.25, 0.3) is 0 Å². The molecule has 1 aliphatic rings. The largest absolute Gasteiger partial charge is 0.324 e. The van der Waals surface area contributed by atoms with Gasteiger partial charge < -0.3 is 10.2 Å². The number of likely N-dealkylation sites (tertiary alicyclic amines) is 1. The number of hydroxylamine groups is 1. The summed E-state index contributed by atoms with van der Waals surface area (Å²) in [4.78, 5) is 31.4. The number of amides is 2. The topological polar surface area (TPSA) is 112 Å². The summed E-state index contributed by atoms with van der Waals surface area (Å²) in [5.41, 5.74) is 4.87. The number of aromatic nitrogens is 2. The molecule has 0 spiro atoms. The Hall–Kier alpha value is -3.57. The van der Waals surface area contributed by atoms with Crippen molar-refractivity contribution in [2.24, 2.45) is 10.9 Å². The average Bonchev–Trinajstić information content (AvgIpc) is 3.39. The van der Waals surface area contributed by atoms with Gasteiger partial charge >= 0.3 is 6.03 Å². The Morgan fingerprint density at radius 2 is 1.89 bits per heavy atom. The number of Topliss-reactive ketones (excluding diaryl/α,β-unsaturated/α-hetero) is 1. The minimum Gasteiger partial charge on any atom is -0.324 e. The van der Waals surface area contributed by atoms with Crippen molar-refractivity contribution in [2.75, 3.05) is 18.4 Å². The van der Waals surface area contributed by atoms with Crippen LogP contribution in [-0.4, -0.2) is 50.6 Å². The van der Waals surface area contributed by atoms with E-state index in [0.717, 1.165) is 17.7 Å². The lowest BCUT2D eigenvalue weighted by Crippen LogP contribution is -2.44. The number of aliphatic imine (C=N–C) groups is 1. The molecule has 0 atom stereocenters. The van der Waals surface area contributed by atoms with Crippen LogP contribution in [0.3, 0.4) is 0 Å². The van der Waals surface area contributed by atoms with Gasteiger partial charge in [0.15, 0.2) is 5.84 Å². The van der Waals surface area contributed by atoms with Crippen molar-refractivity contribution < 1.29 is 19.2 Å². The fourth-order valence-corrected chi connectivity index (χ4v) is 4.36. The van der Waals surface area contributed by atoms with E-state index in [9.17, 15) is 19.2 Å². The highest BCUT2D eigenvalue weighted by atomic mass is 79.9. The van der Waals surface area contributed by atoms with Crippen molar-refractivity contribution in [1.82, 2.24) is 20.2 Å². The Balaban J connectivity index is 1.32. The van der Waals surface area contributed by atoms with Crippen molar-refractivity contribution in [3.05, 3.63) is 65.1 Å². The molecular formula is C25H26BrFN6O3. The van der Waals surface area contributed by atoms with Gasteiger partial charge in [-0.2, -0.15) is 5.10 Å². The summed E-state index contributed by atoms with van der Waals surface area (Å²) in [6.07, 6.45) is 4.64. The highest BCUT2D eigenvalue weighted by Crippen LogP contribution is 2.25. The van der Waals surface area contributed by atoms with E-state index in [2.05, 4.69) is 31.3 Å². The number of benzene rings is 2. The van der Waals surface area contributed by atoms with Gasteiger partial charge in [-0.25, -0.2) is 19.7 Å². The smallest absolute Gasteiger partial charge is 0.321 e. The summed E-state index contributed by atoms with van der Waals surface area (Å²) >= 11 is 3.07. The van der Waals surface area contributed by atoms with Crippen molar-refractivity contribution in [3.8, 4) is 11.1 Å². The van der Waals surface area contributed by atoms with Gasteiger partial charge in [0.05, 0.1) is 16.4 Å². The number of rotatable bonds is 6. The third kappa shape index (κ3) is 5.97. The molecule has 1 aromatic heterocycles. The van der Waals surface area contributed by atoms with Crippen molar-refractivity contribution in [1.29, 1.82) is 0 Å². The van der Waals surface area contributed by atoms with Gasteiger partial charge in [-0.05, 0) is 71.6 Å². The second-order valence-electron chi connectivity index (χ2n) is 8.39. The van der Waals surface area contributed by atoms with E-state index >= 15 is 0 Å². The molecule has 1 saturated heterocycles. The number of halogens is 2. The van der Waals surface area contributed by atoms with Crippen LogP contribution in [0.2, 0.25) is 0 Å². The number of aryl methyl sites for hydroxylation is 1. The van der Waals surface area contributed by atoms with Gasteiger partial charge in [0.2, 0.25) is 5.78 Å². The Labute approximate surface area is 216 Å². The minimum atomic E-state index is -0.454. The average molecular weight is 557 g/mol. The molecule has 2 amide bonds. The molecule has 0 saturated carbocycles. The third-order valence-electron chi connectivity index (χ3n) is 6.06. The van der Waals surface area contributed by atoms with Crippen LogP contribution in [0.5, 0.6) is 0 Å². The number of carbonyl (C=O) groups is 2. The van der Waals surface area contributed by atoms with Crippen LogP contribution in [0, 0.1) is 11.7 Å². The van der Waals surface area contributed by atoms with E-state index in [1.54, 1.807) is 4.90 Å². The van der Waals surface area contributed by atoms with Crippen molar-refractivity contribution >= 4 is 45.0 Å². The molecule has 4 rings (SSSR count). The van der Waals surface area contributed by atoms with Crippen LogP contribution >= 0.6 is 15.9 Å². The molecule has 11 heteroatoms. The first-order chi connectivity index (χ1) is 17.4. The molecule has 0 unspecified atom stereocenters. The van der Waals surface area contributed by atoms with E-state index in [-0.39, 0.29) is 22.1 Å². The molecular weight excluding hydrogens is 531 g/mol. The maximum absolute atomic E-state index is 13.4. The SMILES string of the molecule is CCn1cc(-c2ccc(NC(=O)N3CCC(C(=O)C(=Nc4ccc(F)c(Br)c4)NO)CC3)cc2)cn1. The van der Waals surface area contributed by atoms with Crippen molar-refractivity contribution in [3.63, 3.8) is 0 Å². The number of ketones is 1. The molecule has 0 bridgehead atoms. The number of nitrogens with one attached hydrogen (secondary N) is 2. The van der Waals surface area contributed by atoms with Gasteiger partial charge in [-0.3, -0.25) is 14.7 Å². The molecule has 2 aromatic carbocycles. The van der Waals surface area contributed by atoms with Crippen LogP contribution < -0.4 is 10.8 Å². The van der Waals surface area contributed by atoms with Gasteiger partial charge in [-0.1, -0.05) is 12.1 Å². The van der Waals surface area contributed by atoms with Gasteiger partial charge in [0.1, 0.15) is 5.82 Å². The first-order valence-electron chi connectivity index (χ1n) is 11.5. The van der Waals surface area contributed by atoms with Gasteiger partial charge in [-0.15, -0.1) is 0 Å². The second kappa shape index (κ2) is 11.4. The quantitative estimate of drug-likeness (QED) is 0.225. The number of nitrogens with zero attached hydrogens (tertiary/aromatic N) is 4. The van der Waals surface area contributed by atoms with Gasteiger partial charge in [0, 0.05) is 43.0 Å². The molecule has 1 aliphatic heterocycles. The molecule has 0 radical (unpaired) electrons. The summed E-state index contributed by atoms with van der Waals surface area (Å²) in [5, 5.41) is 16.6. The molecule has 2 heterocycles. The standard InChI is InChI=1S/C25H26BrFN6O3/c1-2-33-15-18(14-28-33)16-3-5-19(6-4-16)30-25(35)32-11-9-17(10-12-32)23(34)24(31-36)29-20-7-8-22(27)21(26)13-20/h3-8,13-15,17,36H,2,9-12H2,1H3,(H,29,31)(H,30,35). The number of hydrogen-bond donors (Lipinski definition) is 3. The highest BCUT2D eigenvalue weighted by molar-refractivity contribution is 9.10. The predicted octanol–water partition coefficient (Wildman–Crippen LogP) is 4.99. The third-order valence-corrected chi connectivity index (χ3v) is 6.67. The summed E-state index contributed by atoms with van der Waals surface area (Å²) in [5.74, 6) is -1.44. The highest BCUT2D eigenvalue weighted by Gasteiger charge is 2.30. The van der Waals surface area contributed by atoms with E-state index < -0.39 is 11.7 Å².